The Morgan fingerprint density at radius 1 is 1.00 bits per heavy atom. The second kappa shape index (κ2) is 6.78. The lowest BCUT2D eigenvalue weighted by molar-refractivity contribution is 0.405. The Bertz CT molecular complexity index is 545. The first-order valence-corrected chi connectivity index (χ1v) is 6.79. The van der Waals surface area contributed by atoms with Crippen molar-refractivity contribution < 1.29 is 4.74 Å². The molecule has 2 aromatic carbocycles. The van der Waals surface area contributed by atoms with Crippen molar-refractivity contribution >= 4 is 12.4 Å². The molecule has 0 unspecified atom stereocenters. The molecule has 0 aliphatic heterocycles. The molecular weight excluding hydrogens is 270 g/mol. The zero-order valence-corrected chi connectivity index (χ0v) is 12.5. The van der Waals surface area contributed by atoms with Gasteiger partial charge < -0.3 is 10.1 Å². The summed E-state index contributed by atoms with van der Waals surface area (Å²) in [5.74, 6) is 0.963. The average molecular weight is 290 g/mol. The summed E-state index contributed by atoms with van der Waals surface area (Å²) in [6, 6.07) is 17.5. The fraction of sp³-hybridized carbons (Fsp3) is 0.294. The molecule has 2 nitrogen and oxygen atoms in total. The van der Waals surface area contributed by atoms with E-state index >= 15 is 0 Å². The first-order chi connectivity index (χ1) is 9.36. The molecule has 3 heteroatoms. The second-order valence-corrected chi connectivity index (χ2v) is 5.07. The van der Waals surface area contributed by atoms with Crippen molar-refractivity contribution in [3.63, 3.8) is 0 Å². The molecule has 20 heavy (non-hydrogen) atoms. The molecule has 1 N–H and O–H groups in total. The van der Waals surface area contributed by atoms with Crippen molar-refractivity contribution in [3.05, 3.63) is 65.2 Å². The maximum atomic E-state index is 5.38. The number of hydrogen-bond donors (Lipinski definition) is 1. The number of nitrogens with one attached hydrogen (secondary N) is 1. The van der Waals surface area contributed by atoms with Gasteiger partial charge in [0.15, 0.2) is 0 Å². The smallest absolute Gasteiger partial charge is 0.123 e. The third-order valence-electron chi connectivity index (χ3n) is 3.82. The largest absolute Gasteiger partial charge is 0.496 e. The van der Waals surface area contributed by atoms with Crippen LogP contribution in [0.25, 0.3) is 0 Å². The van der Waals surface area contributed by atoms with E-state index in [1.54, 1.807) is 7.11 Å². The van der Waals surface area contributed by atoms with E-state index in [1.165, 1.54) is 16.7 Å². The second-order valence-electron chi connectivity index (χ2n) is 5.07. The molecule has 0 atom stereocenters. The lowest BCUT2D eigenvalue weighted by Crippen LogP contribution is -2.29. The van der Waals surface area contributed by atoms with E-state index in [9.17, 15) is 0 Å². The van der Waals surface area contributed by atoms with Crippen molar-refractivity contribution in [2.24, 2.45) is 0 Å². The Balaban J connectivity index is 0.00000147. The summed E-state index contributed by atoms with van der Waals surface area (Å²) in [6.07, 6.45) is 2.26. The highest BCUT2D eigenvalue weighted by Gasteiger charge is 2.20. The Morgan fingerprint density at radius 3 is 2.25 bits per heavy atom. The number of benzene rings is 2. The normalized spacial score (nSPS) is 13.7. The van der Waals surface area contributed by atoms with E-state index in [-0.39, 0.29) is 12.4 Å². The summed E-state index contributed by atoms with van der Waals surface area (Å²) in [5.41, 5.74) is 4.20. The maximum absolute atomic E-state index is 5.38. The molecule has 1 aliphatic carbocycles. The summed E-state index contributed by atoms with van der Waals surface area (Å²) in [4.78, 5) is 0. The third kappa shape index (κ3) is 3.14. The molecular formula is C17H20ClNO. The monoisotopic (exact) mass is 289 g/mol. The summed E-state index contributed by atoms with van der Waals surface area (Å²) in [6.45, 7) is 0.864. The number of para-hydroxylation sites is 1. The summed E-state index contributed by atoms with van der Waals surface area (Å²) in [5, 5.41) is 3.64. The van der Waals surface area contributed by atoms with E-state index in [4.69, 9.17) is 4.74 Å². The molecule has 0 saturated heterocycles. The van der Waals surface area contributed by atoms with Crippen LogP contribution in [0.1, 0.15) is 16.7 Å². The van der Waals surface area contributed by atoms with Crippen LogP contribution >= 0.6 is 12.4 Å². The SMILES string of the molecule is COc1ccccc1CNC1Cc2ccccc2C1.Cl. The van der Waals surface area contributed by atoms with E-state index in [0.717, 1.165) is 25.1 Å². The first kappa shape index (κ1) is 14.9. The number of hydrogen-bond acceptors (Lipinski definition) is 2. The number of methoxy groups -OCH3 is 1. The summed E-state index contributed by atoms with van der Waals surface area (Å²) in [7, 11) is 1.73. The summed E-state index contributed by atoms with van der Waals surface area (Å²) < 4.78 is 5.38. The molecule has 0 heterocycles. The van der Waals surface area contributed by atoms with Crippen LogP contribution in [0.4, 0.5) is 0 Å². The number of rotatable bonds is 4. The van der Waals surface area contributed by atoms with Gasteiger partial charge in [0.1, 0.15) is 5.75 Å². The lowest BCUT2D eigenvalue weighted by atomic mass is 10.1. The van der Waals surface area contributed by atoms with Crippen LogP contribution in [0, 0.1) is 0 Å². The van der Waals surface area contributed by atoms with Gasteiger partial charge in [0.25, 0.3) is 0 Å². The third-order valence-corrected chi connectivity index (χ3v) is 3.82. The van der Waals surface area contributed by atoms with Crippen LogP contribution in [0.3, 0.4) is 0 Å². The van der Waals surface area contributed by atoms with Gasteiger partial charge in [0.05, 0.1) is 7.11 Å². The Hall–Kier alpha value is -1.51. The fourth-order valence-corrected chi connectivity index (χ4v) is 2.81. The minimum absolute atomic E-state index is 0. The van der Waals surface area contributed by atoms with Crippen LogP contribution in [0.2, 0.25) is 0 Å². The van der Waals surface area contributed by atoms with Crippen LogP contribution in [-0.4, -0.2) is 13.2 Å². The predicted molar refractivity (Wildman–Crippen MR) is 84.7 cm³/mol. The topological polar surface area (TPSA) is 21.3 Å². The van der Waals surface area contributed by atoms with Crippen LogP contribution in [-0.2, 0) is 19.4 Å². The molecule has 0 saturated carbocycles. The van der Waals surface area contributed by atoms with Crippen molar-refractivity contribution in [3.8, 4) is 5.75 Å². The van der Waals surface area contributed by atoms with Crippen molar-refractivity contribution in [1.82, 2.24) is 5.32 Å². The molecule has 0 aromatic heterocycles. The lowest BCUT2D eigenvalue weighted by Gasteiger charge is -2.14. The molecule has 2 aromatic rings. The predicted octanol–water partition coefficient (Wildman–Crippen LogP) is 3.37. The zero-order valence-electron chi connectivity index (χ0n) is 11.6. The number of ether oxygens (including phenoxy) is 1. The van der Waals surface area contributed by atoms with Crippen LogP contribution < -0.4 is 10.1 Å². The molecule has 3 rings (SSSR count). The van der Waals surface area contributed by atoms with Gasteiger partial charge in [-0.2, -0.15) is 0 Å². The molecule has 1 aliphatic rings. The van der Waals surface area contributed by atoms with Gasteiger partial charge in [0, 0.05) is 18.2 Å². The maximum Gasteiger partial charge on any atom is 0.123 e. The van der Waals surface area contributed by atoms with Gasteiger partial charge in [-0.1, -0.05) is 42.5 Å². The van der Waals surface area contributed by atoms with Gasteiger partial charge in [-0.15, -0.1) is 12.4 Å². The highest BCUT2D eigenvalue weighted by atomic mass is 35.5. The minimum atomic E-state index is 0. The van der Waals surface area contributed by atoms with Gasteiger partial charge in [-0.25, -0.2) is 0 Å². The van der Waals surface area contributed by atoms with Gasteiger partial charge in [-0.3, -0.25) is 0 Å². The van der Waals surface area contributed by atoms with Crippen LogP contribution in [0.5, 0.6) is 5.75 Å². The number of halogens is 1. The molecule has 0 spiro atoms. The van der Waals surface area contributed by atoms with Crippen molar-refractivity contribution in [1.29, 1.82) is 0 Å². The molecule has 0 fully saturated rings. The fourth-order valence-electron chi connectivity index (χ4n) is 2.81. The molecule has 0 radical (unpaired) electrons. The standard InChI is InChI=1S/C17H19NO.ClH/c1-19-17-9-5-4-8-15(17)12-18-16-10-13-6-2-3-7-14(13)11-16;/h2-9,16,18H,10-12H2,1H3;1H. The highest BCUT2D eigenvalue weighted by Crippen LogP contribution is 2.23. The number of fused-ring (bicyclic) bond motifs is 1. The quantitative estimate of drug-likeness (QED) is 0.932. The average Bonchev–Trinajstić information content (AvgIpc) is 2.88. The van der Waals surface area contributed by atoms with Gasteiger partial charge >= 0.3 is 0 Å². The summed E-state index contributed by atoms with van der Waals surface area (Å²) >= 11 is 0. The Labute approximate surface area is 126 Å². The van der Waals surface area contributed by atoms with Gasteiger partial charge in [-0.05, 0) is 30.0 Å². The Morgan fingerprint density at radius 2 is 1.60 bits per heavy atom. The van der Waals surface area contributed by atoms with E-state index in [0.29, 0.717) is 6.04 Å². The molecule has 0 amide bonds. The van der Waals surface area contributed by atoms with Crippen molar-refractivity contribution in [2.75, 3.05) is 7.11 Å². The van der Waals surface area contributed by atoms with E-state index in [1.807, 2.05) is 12.1 Å². The van der Waals surface area contributed by atoms with Gasteiger partial charge in [0.2, 0.25) is 0 Å². The van der Waals surface area contributed by atoms with E-state index in [2.05, 4.69) is 41.7 Å². The molecule has 0 bridgehead atoms. The first-order valence-electron chi connectivity index (χ1n) is 6.79. The van der Waals surface area contributed by atoms with E-state index < -0.39 is 0 Å². The Kier molecular flexibility index (Phi) is 5.05. The zero-order chi connectivity index (χ0) is 13.1. The van der Waals surface area contributed by atoms with Crippen LogP contribution in [0.15, 0.2) is 48.5 Å². The molecule has 106 valence electrons. The minimum Gasteiger partial charge on any atom is -0.496 e. The van der Waals surface area contributed by atoms with Crippen molar-refractivity contribution in [2.45, 2.75) is 25.4 Å². The highest BCUT2D eigenvalue weighted by molar-refractivity contribution is 5.85.